The lowest BCUT2D eigenvalue weighted by atomic mass is 10.1. The van der Waals surface area contributed by atoms with Crippen LogP contribution in [0.2, 0.25) is 0 Å². The van der Waals surface area contributed by atoms with Crippen molar-refractivity contribution in [1.82, 2.24) is 10.2 Å². The van der Waals surface area contributed by atoms with Crippen molar-refractivity contribution in [3.63, 3.8) is 0 Å². The number of benzene rings is 1. The summed E-state index contributed by atoms with van der Waals surface area (Å²) in [6.07, 6.45) is 2.65. The Bertz CT molecular complexity index is 540. The molecule has 0 aromatic heterocycles. The van der Waals surface area contributed by atoms with Gasteiger partial charge in [0, 0.05) is 37.8 Å². The van der Waals surface area contributed by atoms with Gasteiger partial charge in [-0.1, -0.05) is 6.07 Å². The molecule has 1 aromatic rings. The van der Waals surface area contributed by atoms with Crippen LogP contribution in [0.15, 0.2) is 18.2 Å². The Kier molecular flexibility index (Phi) is 6.84. The summed E-state index contributed by atoms with van der Waals surface area (Å²) in [6.45, 7) is 2.88. The monoisotopic (exact) mass is 325 g/mol. The predicted octanol–water partition coefficient (Wildman–Crippen LogP) is 2.20. The standard InChI is InChI=1S/C16H23N3O2.ClH/c1-11-6-7-13(9-14(11)16(21)19(2)3)18-15(20)10-12-5-4-8-17-12;/h6-7,9,12,17H,4-5,8,10H2,1-3H3,(H,18,20);1H. The van der Waals surface area contributed by atoms with Crippen LogP contribution >= 0.6 is 12.4 Å². The van der Waals surface area contributed by atoms with Gasteiger partial charge in [-0.25, -0.2) is 0 Å². The van der Waals surface area contributed by atoms with E-state index in [1.807, 2.05) is 19.1 Å². The molecule has 1 unspecified atom stereocenters. The van der Waals surface area contributed by atoms with Crippen molar-refractivity contribution in [2.24, 2.45) is 0 Å². The molecule has 2 N–H and O–H groups in total. The zero-order valence-electron chi connectivity index (χ0n) is 13.3. The molecular formula is C16H24ClN3O2. The Morgan fingerprint density at radius 2 is 2.09 bits per heavy atom. The van der Waals surface area contributed by atoms with Crippen LogP contribution in [0.25, 0.3) is 0 Å². The molecule has 0 saturated carbocycles. The quantitative estimate of drug-likeness (QED) is 0.892. The van der Waals surface area contributed by atoms with Crippen molar-refractivity contribution in [2.75, 3.05) is 26.0 Å². The minimum atomic E-state index is -0.0546. The molecule has 1 heterocycles. The summed E-state index contributed by atoms with van der Waals surface area (Å²) in [5.41, 5.74) is 2.20. The third-order valence-electron chi connectivity index (χ3n) is 3.75. The summed E-state index contributed by atoms with van der Waals surface area (Å²) in [4.78, 5) is 25.6. The summed E-state index contributed by atoms with van der Waals surface area (Å²) < 4.78 is 0. The molecule has 5 nitrogen and oxygen atoms in total. The molecule has 122 valence electrons. The lowest BCUT2D eigenvalue weighted by Gasteiger charge is -2.15. The number of hydrogen-bond acceptors (Lipinski definition) is 3. The Hall–Kier alpha value is -1.59. The van der Waals surface area contributed by atoms with Crippen LogP contribution < -0.4 is 10.6 Å². The van der Waals surface area contributed by atoms with Gasteiger partial charge in [0.1, 0.15) is 0 Å². The number of nitrogens with zero attached hydrogens (tertiary/aromatic N) is 1. The second-order valence-electron chi connectivity index (χ2n) is 5.77. The van der Waals surface area contributed by atoms with Gasteiger partial charge in [0.25, 0.3) is 5.91 Å². The molecule has 2 rings (SSSR count). The molecule has 1 saturated heterocycles. The maximum absolute atomic E-state index is 12.1. The fraction of sp³-hybridized carbons (Fsp3) is 0.500. The van der Waals surface area contributed by atoms with Crippen molar-refractivity contribution >= 4 is 29.9 Å². The Morgan fingerprint density at radius 1 is 1.36 bits per heavy atom. The van der Waals surface area contributed by atoms with Crippen molar-refractivity contribution in [2.45, 2.75) is 32.2 Å². The summed E-state index contributed by atoms with van der Waals surface area (Å²) >= 11 is 0. The molecule has 0 radical (unpaired) electrons. The van der Waals surface area contributed by atoms with Crippen molar-refractivity contribution in [3.05, 3.63) is 29.3 Å². The van der Waals surface area contributed by atoms with E-state index in [-0.39, 0.29) is 30.3 Å². The number of anilines is 1. The summed E-state index contributed by atoms with van der Waals surface area (Å²) in [7, 11) is 3.44. The minimum absolute atomic E-state index is 0. The average molecular weight is 326 g/mol. The number of nitrogens with one attached hydrogen (secondary N) is 2. The topological polar surface area (TPSA) is 61.4 Å². The molecule has 6 heteroatoms. The van der Waals surface area contributed by atoms with E-state index in [4.69, 9.17) is 0 Å². The lowest BCUT2D eigenvalue weighted by Crippen LogP contribution is -2.27. The number of aryl methyl sites for hydroxylation is 1. The molecule has 0 bridgehead atoms. The summed E-state index contributed by atoms with van der Waals surface area (Å²) in [5, 5.41) is 6.19. The van der Waals surface area contributed by atoms with Crippen molar-refractivity contribution in [3.8, 4) is 0 Å². The highest BCUT2D eigenvalue weighted by atomic mass is 35.5. The van der Waals surface area contributed by atoms with Crippen LogP contribution in [0.3, 0.4) is 0 Å². The molecule has 2 amide bonds. The SMILES string of the molecule is Cc1ccc(NC(=O)CC2CCCN2)cc1C(=O)N(C)C.Cl. The maximum Gasteiger partial charge on any atom is 0.253 e. The van der Waals surface area contributed by atoms with Crippen LogP contribution in [0, 0.1) is 6.92 Å². The number of halogens is 1. The molecule has 1 aliphatic heterocycles. The molecule has 22 heavy (non-hydrogen) atoms. The fourth-order valence-electron chi connectivity index (χ4n) is 2.54. The van der Waals surface area contributed by atoms with E-state index in [0.29, 0.717) is 17.7 Å². The summed E-state index contributed by atoms with van der Waals surface area (Å²) in [6, 6.07) is 5.72. The third kappa shape index (κ3) is 4.71. The third-order valence-corrected chi connectivity index (χ3v) is 3.75. The van der Waals surface area contributed by atoms with Gasteiger partial charge in [-0.2, -0.15) is 0 Å². The molecule has 0 aliphatic carbocycles. The molecule has 1 aromatic carbocycles. The zero-order valence-corrected chi connectivity index (χ0v) is 14.1. The van der Waals surface area contributed by atoms with Crippen LogP contribution in [-0.4, -0.2) is 43.4 Å². The predicted molar refractivity (Wildman–Crippen MR) is 90.7 cm³/mol. The largest absolute Gasteiger partial charge is 0.345 e. The summed E-state index contributed by atoms with van der Waals surface area (Å²) in [5.74, 6) is -0.0671. The van der Waals surface area contributed by atoms with E-state index in [1.54, 1.807) is 20.2 Å². The first-order chi connectivity index (χ1) is 9.97. The Morgan fingerprint density at radius 3 is 2.68 bits per heavy atom. The second-order valence-corrected chi connectivity index (χ2v) is 5.77. The highest BCUT2D eigenvalue weighted by Gasteiger charge is 2.18. The molecule has 1 atom stereocenters. The number of rotatable bonds is 4. The zero-order chi connectivity index (χ0) is 15.4. The first kappa shape index (κ1) is 18.5. The number of amides is 2. The highest BCUT2D eigenvalue weighted by molar-refractivity contribution is 5.98. The van der Waals surface area contributed by atoms with Crippen molar-refractivity contribution < 1.29 is 9.59 Å². The van der Waals surface area contributed by atoms with E-state index >= 15 is 0 Å². The number of hydrogen-bond donors (Lipinski definition) is 2. The first-order valence-corrected chi connectivity index (χ1v) is 7.33. The van der Waals surface area contributed by atoms with E-state index < -0.39 is 0 Å². The van der Waals surface area contributed by atoms with E-state index in [0.717, 1.165) is 24.9 Å². The number of carbonyl (C=O) groups excluding carboxylic acids is 2. The van der Waals surface area contributed by atoms with E-state index in [9.17, 15) is 9.59 Å². The van der Waals surface area contributed by atoms with Crippen LogP contribution in [-0.2, 0) is 4.79 Å². The van der Waals surface area contributed by atoms with Gasteiger partial charge >= 0.3 is 0 Å². The molecule has 1 aliphatic rings. The first-order valence-electron chi connectivity index (χ1n) is 7.33. The second kappa shape index (κ2) is 8.15. The van der Waals surface area contributed by atoms with Gasteiger partial charge in [-0.3, -0.25) is 9.59 Å². The molecular weight excluding hydrogens is 302 g/mol. The van der Waals surface area contributed by atoms with Crippen molar-refractivity contribution in [1.29, 1.82) is 0 Å². The molecule has 1 fully saturated rings. The Labute approximate surface area is 137 Å². The van der Waals surface area contributed by atoms with Crippen LogP contribution in [0.5, 0.6) is 0 Å². The van der Waals surface area contributed by atoms with Gasteiger partial charge in [-0.05, 0) is 44.0 Å². The van der Waals surface area contributed by atoms with E-state index in [2.05, 4.69) is 10.6 Å². The smallest absolute Gasteiger partial charge is 0.253 e. The van der Waals surface area contributed by atoms with Crippen LogP contribution in [0.1, 0.15) is 35.2 Å². The normalized spacial score (nSPS) is 16.8. The van der Waals surface area contributed by atoms with Crippen LogP contribution in [0.4, 0.5) is 5.69 Å². The number of carbonyl (C=O) groups is 2. The maximum atomic E-state index is 12.1. The Balaban J connectivity index is 0.00000242. The highest BCUT2D eigenvalue weighted by Crippen LogP contribution is 2.18. The van der Waals surface area contributed by atoms with Gasteiger partial charge in [0.2, 0.25) is 5.91 Å². The average Bonchev–Trinajstić information content (AvgIpc) is 2.92. The van der Waals surface area contributed by atoms with Gasteiger partial charge in [-0.15, -0.1) is 12.4 Å². The molecule has 0 spiro atoms. The van der Waals surface area contributed by atoms with Gasteiger partial charge in [0.05, 0.1) is 0 Å². The fourth-order valence-corrected chi connectivity index (χ4v) is 2.54. The van der Waals surface area contributed by atoms with Gasteiger partial charge < -0.3 is 15.5 Å². The van der Waals surface area contributed by atoms with E-state index in [1.165, 1.54) is 4.90 Å². The van der Waals surface area contributed by atoms with Gasteiger partial charge in [0.15, 0.2) is 0 Å². The minimum Gasteiger partial charge on any atom is -0.345 e. The lowest BCUT2D eigenvalue weighted by molar-refractivity contribution is -0.116.